The lowest BCUT2D eigenvalue weighted by atomic mass is 10.1. The van der Waals surface area contributed by atoms with E-state index in [1.54, 1.807) is 0 Å². The van der Waals surface area contributed by atoms with Gasteiger partial charge in [-0.15, -0.1) is 0 Å². The molecule has 0 aliphatic carbocycles. The van der Waals surface area contributed by atoms with E-state index in [9.17, 15) is 4.79 Å². The molecule has 0 radical (unpaired) electrons. The Bertz CT molecular complexity index is 667. The molecule has 0 fully saturated rings. The summed E-state index contributed by atoms with van der Waals surface area (Å²) in [5.41, 5.74) is 1.62. The predicted octanol–water partition coefficient (Wildman–Crippen LogP) is 4.56. The highest BCUT2D eigenvalue weighted by atomic mass is 16.5. The number of nitrogens with one attached hydrogen (secondary N) is 2. The van der Waals surface area contributed by atoms with Crippen LogP contribution in [0.5, 0.6) is 11.5 Å². The number of benzene rings is 2. The van der Waals surface area contributed by atoms with Gasteiger partial charge in [-0.25, -0.2) is 0 Å². The van der Waals surface area contributed by atoms with Crippen molar-refractivity contribution >= 4 is 17.3 Å². The average molecular weight is 356 g/mol. The van der Waals surface area contributed by atoms with E-state index in [4.69, 9.17) is 9.47 Å². The van der Waals surface area contributed by atoms with Gasteiger partial charge in [0, 0.05) is 11.4 Å². The van der Waals surface area contributed by atoms with Crippen LogP contribution in [0.3, 0.4) is 0 Å². The van der Waals surface area contributed by atoms with Crippen molar-refractivity contribution in [1.29, 1.82) is 0 Å². The smallest absolute Gasteiger partial charge is 0.243 e. The van der Waals surface area contributed by atoms with Gasteiger partial charge in [0.2, 0.25) is 5.91 Å². The van der Waals surface area contributed by atoms with E-state index >= 15 is 0 Å². The quantitative estimate of drug-likeness (QED) is 0.655. The Morgan fingerprint density at radius 1 is 0.923 bits per heavy atom. The normalized spacial score (nSPS) is 10.5. The second kappa shape index (κ2) is 10.3. The zero-order valence-corrected chi connectivity index (χ0v) is 15.7. The van der Waals surface area contributed by atoms with E-state index in [-0.39, 0.29) is 12.5 Å². The maximum atomic E-state index is 12.1. The van der Waals surface area contributed by atoms with Crippen LogP contribution < -0.4 is 20.1 Å². The first kappa shape index (κ1) is 19.6. The van der Waals surface area contributed by atoms with Gasteiger partial charge < -0.3 is 20.1 Å². The molecule has 0 heterocycles. The minimum atomic E-state index is -0.104. The highest BCUT2D eigenvalue weighted by Crippen LogP contribution is 2.17. The molecule has 0 aromatic heterocycles. The third-order valence-electron chi connectivity index (χ3n) is 3.72. The fourth-order valence-electron chi connectivity index (χ4n) is 2.27. The Hall–Kier alpha value is -2.69. The number of hydrogen-bond acceptors (Lipinski definition) is 4. The van der Waals surface area contributed by atoms with Crippen LogP contribution in [0.4, 0.5) is 11.4 Å². The lowest BCUT2D eigenvalue weighted by Gasteiger charge is -2.10. The molecule has 0 saturated carbocycles. The average Bonchev–Trinajstić information content (AvgIpc) is 2.63. The van der Waals surface area contributed by atoms with Crippen LogP contribution in [0.25, 0.3) is 0 Å². The van der Waals surface area contributed by atoms with E-state index in [0.717, 1.165) is 29.3 Å². The van der Waals surface area contributed by atoms with Crippen LogP contribution in [0.1, 0.15) is 27.2 Å². The van der Waals surface area contributed by atoms with Gasteiger partial charge in [0.1, 0.15) is 11.5 Å². The van der Waals surface area contributed by atoms with E-state index in [1.165, 1.54) is 0 Å². The molecule has 2 N–H and O–H groups in total. The summed E-state index contributed by atoms with van der Waals surface area (Å²) in [6, 6.07) is 15.0. The molecule has 2 rings (SSSR count). The summed E-state index contributed by atoms with van der Waals surface area (Å²) in [5, 5.41) is 5.96. The zero-order valence-electron chi connectivity index (χ0n) is 15.7. The molecule has 5 nitrogen and oxygen atoms in total. The topological polar surface area (TPSA) is 59.6 Å². The fourth-order valence-corrected chi connectivity index (χ4v) is 2.27. The van der Waals surface area contributed by atoms with Gasteiger partial charge in [0.25, 0.3) is 0 Å². The first-order valence-corrected chi connectivity index (χ1v) is 9.06. The third-order valence-corrected chi connectivity index (χ3v) is 3.72. The zero-order chi connectivity index (χ0) is 18.8. The molecule has 2 aromatic carbocycles. The van der Waals surface area contributed by atoms with Crippen molar-refractivity contribution in [2.45, 2.75) is 27.2 Å². The lowest BCUT2D eigenvalue weighted by Crippen LogP contribution is -2.21. The Kier molecular flexibility index (Phi) is 7.80. The molecular formula is C21H28N2O3. The first-order valence-electron chi connectivity index (χ1n) is 9.06. The van der Waals surface area contributed by atoms with Crippen molar-refractivity contribution in [2.75, 3.05) is 30.4 Å². The Morgan fingerprint density at radius 2 is 1.50 bits per heavy atom. The third kappa shape index (κ3) is 7.05. The van der Waals surface area contributed by atoms with E-state index in [1.807, 2.05) is 55.5 Å². The maximum Gasteiger partial charge on any atom is 0.243 e. The molecule has 0 unspecified atom stereocenters. The van der Waals surface area contributed by atoms with E-state index in [2.05, 4.69) is 24.5 Å². The first-order chi connectivity index (χ1) is 12.6. The SMILES string of the molecule is CCOc1ccc(NCC(=O)Nc2ccc(OCCC(C)C)cc2)cc1. The molecule has 0 spiro atoms. The van der Waals surface area contributed by atoms with E-state index < -0.39 is 0 Å². The summed E-state index contributed by atoms with van der Waals surface area (Å²) in [5.74, 6) is 2.15. The number of carbonyl (C=O) groups is 1. The van der Waals surface area contributed by atoms with Crippen molar-refractivity contribution in [2.24, 2.45) is 5.92 Å². The van der Waals surface area contributed by atoms with Gasteiger partial charge in [-0.2, -0.15) is 0 Å². The molecule has 140 valence electrons. The summed E-state index contributed by atoms with van der Waals surface area (Å²) >= 11 is 0. The second-order valence-electron chi connectivity index (χ2n) is 6.41. The second-order valence-corrected chi connectivity index (χ2v) is 6.41. The lowest BCUT2D eigenvalue weighted by molar-refractivity contribution is -0.114. The molecule has 0 bridgehead atoms. The van der Waals surface area contributed by atoms with Crippen LogP contribution in [-0.4, -0.2) is 25.7 Å². The molecule has 0 saturated heterocycles. The number of amides is 1. The van der Waals surface area contributed by atoms with Crippen molar-refractivity contribution in [3.63, 3.8) is 0 Å². The van der Waals surface area contributed by atoms with Crippen LogP contribution >= 0.6 is 0 Å². The number of anilines is 2. The molecule has 2 aromatic rings. The molecule has 1 amide bonds. The fraction of sp³-hybridized carbons (Fsp3) is 0.381. The number of rotatable bonds is 10. The van der Waals surface area contributed by atoms with Gasteiger partial charge in [-0.1, -0.05) is 13.8 Å². The highest BCUT2D eigenvalue weighted by Gasteiger charge is 2.03. The van der Waals surface area contributed by atoms with Crippen LogP contribution in [0.2, 0.25) is 0 Å². The van der Waals surface area contributed by atoms with Crippen molar-refractivity contribution in [3.8, 4) is 11.5 Å². The Morgan fingerprint density at radius 3 is 2.08 bits per heavy atom. The summed E-state index contributed by atoms with van der Waals surface area (Å²) in [6.07, 6.45) is 1.02. The van der Waals surface area contributed by atoms with Gasteiger partial charge in [-0.05, 0) is 67.8 Å². The van der Waals surface area contributed by atoms with Crippen LogP contribution in [-0.2, 0) is 4.79 Å². The molecular weight excluding hydrogens is 328 g/mol. The summed E-state index contributed by atoms with van der Waals surface area (Å²) < 4.78 is 11.1. The monoisotopic (exact) mass is 356 g/mol. The summed E-state index contributed by atoms with van der Waals surface area (Å²) in [6.45, 7) is 7.82. The molecule has 26 heavy (non-hydrogen) atoms. The standard InChI is InChI=1S/C21H28N2O3/c1-4-25-19-9-5-17(6-10-19)22-15-21(24)23-18-7-11-20(12-8-18)26-14-13-16(2)3/h5-12,16,22H,4,13-15H2,1-3H3,(H,23,24). The minimum Gasteiger partial charge on any atom is -0.494 e. The minimum absolute atomic E-state index is 0.104. The van der Waals surface area contributed by atoms with Crippen molar-refractivity contribution in [1.82, 2.24) is 0 Å². The number of ether oxygens (including phenoxy) is 2. The van der Waals surface area contributed by atoms with Gasteiger partial charge >= 0.3 is 0 Å². The van der Waals surface area contributed by atoms with Crippen molar-refractivity contribution in [3.05, 3.63) is 48.5 Å². The predicted molar refractivity (Wildman–Crippen MR) is 106 cm³/mol. The number of hydrogen-bond donors (Lipinski definition) is 2. The van der Waals surface area contributed by atoms with Gasteiger partial charge in [0.05, 0.1) is 19.8 Å². The maximum absolute atomic E-state index is 12.1. The molecule has 5 heteroatoms. The van der Waals surface area contributed by atoms with E-state index in [0.29, 0.717) is 19.1 Å². The van der Waals surface area contributed by atoms with Crippen LogP contribution in [0, 0.1) is 5.92 Å². The highest BCUT2D eigenvalue weighted by molar-refractivity contribution is 5.93. The largest absolute Gasteiger partial charge is 0.494 e. The molecule has 0 aliphatic heterocycles. The summed E-state index contributed by atoms with van der Waals surface area (Å²) in [7, 11) is 0. The summed E-state index contributed by atoms with van der Waals surface area (Å²) in [4.78, 5) is 12.1. The van der Waals surface area contributed by atoms with Gasteiger partial charge in [0.15, 0.2) is 0 Å². The Balaban J connectivity index is 1.74. The van der Waals surface area contributed by atoms with Crippen molar-refractivity contribution < 1.29 is 14.3 Å². The molecule has 0 atom stereocenters. The van der Waals surface area contributed by atoms with Crippen LogP contribution in [0.15, 0.2) is 48.5 Å². The van der Waals surface area contributed by atoms with Gasteiger partial charge in [-0.3, -0.25) is 4.79 Å². The Labute approximate surface area is 155 Å². The molecule has 0 aliphatic rings. The number of carbonyl (C=O) groups excluding carboxylic acids is 1.